The number of hydrogen-bond acceptors (Lipinski definition) is 6. The molecule has 2 amide bonds. The molecule has 2 aliphatic rings. The second-order valence-electron chi connectivity index (χ2n) is 19.8. The van der Waals surface area contributed by atoms with E-state index in [-0.39, 0.29) is 28.6 Å². The molecule has 0 aromatic carbocycles. The molecule has 348 valence electrons. The van der Waals surface area contributed by atoms with Gasteiger partial charge < -0.3 is 9.80 Å². The van der Waals surface area contributed by atoms with Crippen LogP contribution in [-0.2, 0) is 15.0 Å². The third-order valence-corrected chi connectivity index (χ3v) is 18.8. The highest BCUT2D eigenvalue weighted by Crippen LogP contribution is 2.53. The second-order valence-corrected chi connectivity index (χ2v) is 24.2. The predicted octanol–water partition coefficient (Wildman–Crippen LogP) is 18.0. The van der Waals surface area contributed by atoms with Crippen molar-refractivity contribution in [3.05, 3.63) is 84.9 Å². The Labute approximate surface area is 404 Å². The fourth-order valence-corrected chi connectivity index (χ4v) is 14.2. The van der Waals surface area contributed by atoms with Crippen molar-refractivity contribution in [2.75, 3.05) is 13.1 Å². The average molecular weight is 940 g/mol. The van der Waals surface area contributed by atoms with Crippen molar-refractivity contribution >= 4 is 75.0 Å². The zero-order valence-corrected chi connectivity index (χ0v) is 44.3. The van der Waals surface area contributed by atoms with Crippen LogP contribution < -0.4 is 0 Å². The Morgan fingerprint density at radius 2 is 1.06 bits per heavy atom. The number of thiophene rings is 4. The largest absolute Gasteiger partial charge is 0.310 e. The molecule has 4 aromatic heterocycles. The molecule has 4 aromatic rings. The number of carbonyl (C=O) groups excluding carboxylic acids is 2. The van der Waals surface area contributed by atoms with Gasteiger partial charge in [-0.25, -0.2) is 0 Å². The smallest absolute Gasteiger partial charge is 0.261 e. The van der Waals surface area contributed by atoms with Gasteiger partial charge in [0.05, 0.1) is 21.7 Å². The molecule has 8 heteroatoms. The maximum Gasteiger partial charge on any atom is 0.261 e. The van der Waals surface area contributed by atoms with Crippen LogP contribution in [-0.4, -0.2) is 34.7 Å². The van der Waals surface area contributed by atoms with Gasteiger partial charge in [-0.3, -0.25) is 9.59 Å². The highest BCUT2D eigenvalue weighted by atomic mass is 32.1. The fraction of sp³-hybridized carbons (Fsp3) is 0.571. The summed E-state index contributed by atoms with van der Waals surface area (Å²) in [6.45, 7) is 24.0. The maximum absolute atomic E-state index is 15.1. The van der Waals surface area contributed by atoms with E-state index in [1.807, 2.05) is 27.6 Å². The third kappa shape index (κ3) is 11.5. The summed E-state index contributed by atoms with van der Waals surface area (Å²) in [5, 5.41) is 0. The molecule has 0 saturated heterocycles. The van der Waals surface area contributed by atoms with Crippen LogP contribution in [0.25, 0.3) is 37.4 Å². The van der Waals surface area contributed by atoms with Gasteiger partial charge in [0, 0.05) is 63.8 Å². The number of carbonyl (C=O) groups is 2. The first kappa shape index (κ1) is 50.4. The summed E-state index contributed by atoms with van der Waals surface area (Å²) in [5.74, 6) is 0.661. The number of rotatable bonds is 27. The van der Waals surface area contributed by atoms with E-state index in [2.05, 4.69) is 135 Å². The van der Waals surface area contributed by atoms with Crippen LogP contribution in [0.3, 0.4) is 0 Å². The van der Waals surface area contributed by atoms with Crippen LogP contribution in [0.5, 0.6) is 0 Å². The summed E-state index contributed by atoms with van der Waals surface area (Å²) in [4.78, 5) is 44.1. The molecule has 0 saturated carbocycles. The normalized spacial score (nSPS) is 16.9. The molecular formula is C56H78N2O2S4. The van der Waals surface area contributed by atoms with Crippen LogP contribution in [0.2, 0.25) is 0 Å². The van der Waals surface area contributed by atoms with Crippen molar-refractivity contribution in [2.24, 2.45) is 17.3 Å². The number of fused-ring (bicyclic) bond motifs is 1. The second kappa shape index (κ2) is 23.1. The SMILES string of the molecule is CCCCCCCCC(C)CN1C(=O)C2=C(c3ccc(-c4ccc(/C=C/c5ccc(-c6ccc(C(C)(CCC)CCCC)s6)s5)s4)s3)N(CC(C)C)C(=O)C2=C1C(C)(CC)CCCC. The molecule has 6 heterocycles. The van der Waals surface area contributed by atoms with Crippen molar-refractivity contribution in [2.45, 2.75) is 177 Å². The van der Waals surface area contributed by atoms with Crippen LogP contribution in [0.1, 0.15) is 191 Å². The Hall–Kier alpha value is -3.04. The Morgan fingerprint density at radius 1 is 0.531 bits per heavy atom. The van der Waals surface area contributed by atoms with Gasteiger partial charge in [0.2, 0.25) is 0 Å². The first-order chi connectivity index (χ1) is 30.8. The summed E-state index contributed by atoms with van der Waals surface area (Å²) >= 11 is 7.36. The van der Waals surface area contributed by atoms with Crippen molar-refractivity contribution in [3.63, 3.8) is 0 Å². The minimum absolute atomic E-state index is 0.0148. The standard InChI is InChI=1S/C56H78N2O2S4/c1-11-16-19-20-21-22-23-40(8)38-58-52(55(9,15-5)35-17-12-2)50-49(53(58)59)51(57(54(50)60)37-39(6)7)47-31-30-45(63-47)43-28-26-41(61-43)24-25-42-27-29-44(62-42)46-32-33-48(64-46)56(10,34-14-4)36-18-13-3/h24-33,39-40H,11-23,34-38H2,1-10H3/b25-24+. The maximum atomic E-state index is 15.1. The lowest BCUT2D eigenvalue weighted by Crippen LogP contribution is -2.39. The fourth-order valence-electron chi connectivity index (χ4n) is 9.90. The molecule has 4 nitrogen and oxygen atoms in total. The molecule has 0 bridgehead atoms. The van der Waals surface area contributed by atoms with Crippen LogP contribution >= 0.6 is 45.3 Å². The summed E-state index contributed by atoms with van der Waals surface area (Å²) in [6.07, 6.45) is 23.5. The minimum atomic E-state index is -0.263. The van der Waals surface area contributed by atoms with E-state index in [0.29, 0.717) is 30.2 Å². The lowest BCUT2D eigenvalue weighted by atomic mass is 9.77. The molecule has 0 fully saturated rings. The van der Waals surface area contributed by atoms with Gasteiger partial charge in [0.1, 0.15) is 0 Å². The lowest BCUT2D eigenvalue weighted by Gasteiger charge is -2.37. The van der Waals surface area contributed by atoms with Gasteiger partial charge in [0.15, 0.2) is 0 Å². The Balaban J connectivity index is 1.26. The van der Waals surface area contributed by atoms with Crippen molar-refractivity contribution in [1.29, 1.82) is 0 Å². The van der Waals surface area contributed by atoms with Crippen LogP contribution in [0, 0.1) is 17.3 Å². The molecular weight excluding hydrogens is 861 g/mol. The molecule has 6 rings (SSSR count). The summed E-state index contributed by atoms with van der Waals surface area (Å²) in [7, 11) is 0. The van der Waals surface area contributed by atoms with E-state index in [9.17, 15) is 4.79 Å². The Morgan fingerprint density at radius 3 is 1.67 bits per heavy atom. The number of unbranched alkanes of at least 4 members (excludes halogenated alkanes) is 7. The van der Waals surface area contributed by atoms with Gasteiger partial charge in [-0.15, -0.1) is 45.3 Å². The topological polar surface area (TPSA) is 40.6 Å². The molecule has 0 spiro atoms. The molecule has 64 heavy (non-hydrogen) atoms. The lowest BCUT2D eigenvalue weighted by molar-refractivity contribution is -0.125. The minimum Gasteiger partial charge on any atom is -0.310 e. The first-order valence-electron chi connectivity index (χ1n) is 25.0. The van der Waals surface area contributed by atoms with E-state index >= 15 is 4.79 Å². The molecule has 0 radical (unpaired) electrons. The number of allylic oxidation sites excluding steroid dienone is 1. The molecule has 3 atom stereocenters. The van der Waals surface area contributed by atoms with E-state index in [1.54, 1.807) is 22.7 Å². The van der Waals surface area contributed by atoms with Crippen molar-refractivity contribution in [3.8, 4) is 19.5 Å². The first-order valence-corrected chi connectivity index (χ1v) is 28.3. The van der Waals surface area contributed by atoms with E-state index < -0.39 is 0 Å². The Bertz CT molecular complexity index is 2260. The zero-order chi connectivity index (χ0) is 46.0. The monoisotopic (exact) mass is 938 g/mol. The predicted molar refractivity (Wildman–Crippen MR) is 283 cm³/mol. The number of hydrogen-bond donors (Lipinski definition) is 0. The molecule has 3 unspecified atom stereocenters. The zero-order valence-electron chi connectivity index (χ0n) is 41.0. The third-order valence-electron chi connectivity index (χ3n) is 13.8. The van der Waals surface area contributed by atoms with Crippen molar-refractivity contribution < 1.29 is 9.59 Å². The highest BCUT2D eigenvalue weighted by molar-refractivity contribution is 7.23. The van der Waals surface area contributed by atoms with Crippen LogP contribution in [0.4, 0.5) is 0 Å². The molecule has 2 aliphatic heterocycles. The molecule has 0 N–H and O–H groups in total. The van der Waals surface area contributed by atoms with Crippen molar-refractivity contribution in [1.82, 2.24) is 9.80 Å². The number of nitrogens with zero attached hydrogens (tertiary/aromatic N) is 2. The van der Waals surface area contributed by atoms with E-state index in [1.165, 1.54) is 105 Å². The van der Waals surface area contributed by atoms with Crippen LogP contribution in [0.15, 0.2) is 65.4 Å². The Kier molecular flexibility index (Phi) is 18.2. The summed E-state index contributed by atoms with van der Waals surface area (Å²) in [5.41, 5.74) is 3.15. The quantitative estimate of drug-likeness (QED) is 0.0559. The summed E-state index contributed by atoms with van der Waals surface area (Å²) < 4.78 is 0. The van der Waals surface area contributed by atoms with Gasteiger partial charge in [-0.2, -0.15) is 0 Å². The van der Waals surface area contributed by atoms with Gasteiger partial charge in [0.25, 0.3) is 11.8 Å². The number of amides is 2. The molecule has 0 aliphatic carbocycles. The van der Waals surface area contributed by atoms with E-state index in [0.717, 1.165) is 48.4 Å². The van der Waals surface area contributed by atoms with Gasteiger partial charge in [-0.05, 0) is 105 Å². The van der Waals surface area contributed by atoms with Gasteiger partial charge >= 0.3 is 0 Å². The summed E-state index contributed by atoms with van der Waals surface area (Å²) in [6, 6.07) is 18.0. The van der Waals surface area contributed by atoms with E-state index in [4.69, 9.17) is 0 Å². The highest BCUT2D eigenvalue weighted by Gasteiger charge is 2.52. The van der Waals surface area contributed by atoms with Gasteiger partial charge in [-0.1, -0.05) is 140 Å². The average Bonchev–Trinajstić information content (AvgIpc) is 4.14.